The first-order valence-corrected chi connectivity index (χ1v) is 18.5. The lowest BCUT2D eigenvalue weighted by molar-refractivity contribution is -0.115. The molecule has 1 aromatic heterocycles. The van der Waals surface area contributed by atoms with Crippen LogP contribution in [0.25, 0.3) is 0 Å². The number of benzene rings is 2. The van der Waals surface area contributed by atoms with Gasteiger partial charge in [-0.25, -0.2) is 0 Å². The van der Waals surface area contributed by atoms with E-state index in [4.69, 9.17) is 4.74 Å². The summed E-state index contributed by atoms with van der Waals surface area (Å²) in [7, 11) is 0. The molecule has 2 aromatic carbocycles. The molecule has 254 valence electrons. The van der Waals surface area contributed by atoms with Crippen molar-refractivity contribution in [2.45, 2.75) is 77.7 Å². The monoisotopic (exact) mass is 660 g/mol. The van der Waals surface area contributed by atoms with Crippen LogP contribution in [0.2, 0.25) is 0 Å². The maximum Gasteiger partial charge on any atom is 0.251 e. The third-order valence-electron chi connectivity index (χ3n) is 9.47. The topological polar surface area (TPSA) is 99.7 Å². The molecule has 47 heavy (non-hydrogen) atoms. The molecule has 2 aliphatic heterocycles. The van der Waals surface area contributed by atoms with E-state index in [-0.39, 0.29) is 11.8 Å². The Bertz CT molecular complexity index is 1370. The Morgan fingerprint density at radius 2 is 1.66 bits per heavy atom. The molecule has 9 nitrogen and oxygen atoms in total. The fourth-order valence-corrected chi connectivity index (χ4v) is 7.32. The maximum atomic E-state index is 12.9. The molecule has 0 radical (unpaired) electrons. The number of unbranched alkanes of at least 4 members (excludes halogenated alkanes) is 3. The smallest absolute Gasteiger partial charge is 0.251 e. The molecule has 2 N–H and O–H groups in total. The molecule has 10 heteroatoms. The summed E-state index contributed by atoms with van der Waals surface area (Å²) in [5.74, 6) is 1.10. The van der Waals surface area contributed by atoms with Gasteiger partial charge in [-0.2, -0.15) is 0 Å². The molecule has 0 spiro atoms. The highest BCUT2D eigenvalue weighted by molar-refractivity contribution is 7.19. The third kappa shape index (κ3) is 11.7. The highest BCUT2D eigenvalue weighted by Crippen LogP contribution is 2.29. The van der Waals surface area contributed by atoms with Crippen molar-refractivity contribution in [2.75, 3.05) is 56.1 Å². The summed E-state index contributed by atoms with van der Waals surface area (Å²) < 4.78 is 6.05. The number of ether oxygens (including phenoxy) is 1. The van der Waals surface area contributed by atoms with Crippen molar-refractivity contribution in [3.8, 4) is 0 Å². The average Bonchev–Trinajstić information content (AvgIpc) is 3.57. The number of amides is 2. The maximum absolute atomic E-state index is 12.9. The number of nitrogens with one attached hydrogen (secondary N) is 2. The predicted molar refractivity (Wildman–Crippen MR) is 190 cm³/mol. The van der Waals surface area contributed by atoms with Crippen LogP contribution in [-0.4, -0.2) is 72.8 Å². The number of likely N-dealkylation sites (tertiary alicyclic amines) is 1. The Morgan fingerprint density at radius 3 is 2.45 bits per heavy atom. The third-order valence-corrected chi connectivity index (χ3v) is 10.4. The van der Waals surface area contributed by atoms with Gasteiger partial charge in [-0.15, -0.1) is 10.2 Å². The van der Waals surface area contributed by atoms with E-state index >= 15 is 0 Å². The molecule has 0 unspecified atom stereocenters. The minimum Gasteiger partial charge on any atom is -0.377 e. The molecular weight excluding hydrogens is 609 g/mol. The van der Waals surface area contributed by atoms with Crippen molar-refractivity contribution >= 4 is 33.4 Å². The Balaban J connectivity index is 0.939. The number of carbonyl (C=O) groups is 2. The van der Waals surface area contributed by atoms with Crippen LogP contribution in [0.4, 0.5) is 10.3 Å². The van der Waals surface area contributed by atoms with Crippen molar-refractivity contribution in [2.24, 2.45) is 11.8 Å². The van der Waals surface area contributed by atoms with E-state index in [1.807, 2.05) is 54.6 Å². The van der Waals surface area contributed by atoms with Gasteiger partial charge in [0.25, 0.3) is 5.91 Å². The summed E-state index contributed by atoms with van der Waals surface area (Å²) in [6, 6.07) is 17.5. The van der Waals surface area contributed by atoms with Crippen molar-refractivity contribution in [1.29, 1.82) is 0 Å². The second-order valence-corrected chi connectivity index (χ2v) is 14.1. The highest BCUT2D eigenvalue weighted by atomic mass is 32.1. The Labute approximate surface area is 284 Å². The minimum absolute atomic E-state index is 0.0118. The van der Waals surface area contributed by atoms with Crippen LogP contribution < -0.4 is 15.5 Å². The summed E-state index contributed by atoms with van der Waals surface area (Å²) in [6.07, 6.45) is 11.1. The van der Waals surface area contributed by atoms with Crippen molar-refractivity contribution in [3.63, 3.8) is 0 Å². The zero-order valence-electron chi connectivity index (χ0n) is 28.0. The van der Waals surface area contributed by atoms with Crippen molar-refractivity contribution in [1.82, 2.24) is 20.4 Å². The van der Waals surface area contributed by atoms with Crippen LogP contribution in [0.5, 0.6) is 0 Å². The van der Waals surface area contributed by atoms with Crippen LogP contribution in [-0.2, 0) is 22.6 Å². The van der Waals surface area contributed by atoms with Crippen LogP contribution in [0.1, 0.15) is 86.2 Å². The van der Waals surface area contributed by atoms with Gasteiger partial charge >= 0.3 is 0 Å². The van der Waals surface area contributed by atoms with Crippen LogP contribution in [0.15, 0.2) is 54.6 Å². The number of hydrogen-bond acceptors (Lipinski definition) is 8. The molecule has 3 aromatic rings. The number of carbonyl (C=O) groups excluding carboxylic acids is 2. The van der Waals surface area contributed by atoms with Gasteiger partial charge < -0.3 is 25.2 Å². The van der Waals surface area contributed by atoms with Gasteiger partial charge in [-0.05, 0) is 93.3 Å². The molecular formula is C37H52N6O3S. The summed E-state index contributed by atoms with van der Waals surface area (Å²) >= 11 is 1.43. The number of nitrogens with zero attached hydrogens (tertiary/aromatic N) is 4. The Morgan fingerprint density at radius 1 is 0.894 bits per heavy atom. The van der Waals surface area contributed by atoms with E-state index in [1.165, 1.54) is 56.4 Å². The minimum atomic E-state index is -0.0813. The van der Waals surface area contributed by atoms with E-state index in [2.05, 4.69) is 37.6 Å². The summed E-state index contributed by atoms with van der Waals surface area (Å²) in [5.41, 5.74) is 2.72. The molecule has 2 aliphatic rings. The molecule has 0 saturated carbocycles. The van der Waals surface area contributed by atoms with Gasteiger partial charge in [0.05, 0.1) is 13.0 Å². The second kappa shape index (κ2) is 18.9. The first-order chi connectivity index (χ1) is 23.1. The molecule has 0 bridgehead atoms. The molecule has 0 aliphatic carbocycles. The lowest BCUT2D eigenvalue weighted by Gasteiger charge is -2.32. The quantitative estimate of drug-likeness (QED) is 0.158. The molecule has 2 saturated heterocycles. The van der Waals surface area contributed by atoms with E-state index in [0.29, 0.717) is 42.2 Å². The number of anilines is 2. The Kier molecular flexibility index (Phi) is 14.0. The zero-order chi connectivity index (χ0) is 32.7. The van der Waals surface area contributed by atoms with Gasteiger partial charge in [-0.1, -0.05) is 80.0 Å². The van der Waals surface area contributed by atoms with Crippen molar-refractivity contribution in [3.05, 3.63) is 71.3 Å². The SMILES string of the molecule is CCCCCCN1CCC(CNC(=O)c2cccc(COCCC3CCN(c4nnc(NC(=O)Cc5ccccc5)s4)CC3)c2)CC1. The van der Waals surface area contributed by atoms with Gasteiger partial charge in [0, 0.05) is 31.8 Å². The molecule has 2 amide bonds. The Hall–Kier alpha value is -3.34. The average molecular weight is 661 g/mol. The molecule has 5 rings (SSSR count). The fourth-order valence-electron chi connectivity index (χ4n) is 6.51. The van der Waals surface area contributed by atoms with E-state index in [9.17, 15) is 9.59 Å². The highest BCUT2D eigenvalue weighted by Gasteiger charge is 2.23. The normalized spacial score (nSPS) is 16.3. The first-order valence-electron chi connectivity index (χ1n) is 17.6. The molecule has 0 atom stereocenters. The number of rotatable bonds is 17. The van der Waals surface area contributed by atoms with Crippen molar-refractivity contribution < 1.29 is 14.3 Å². The standard InChI is InChI=1S/C37H52N6O3S/c1-2-3-4-8-19-42-20-14-31(15-21-42)27-38-35(45)33-13-9-12-32(25-33)28-46-24-18-29-16-22-43(23-17-29)37-41-40-36(47-37)39-34(44)26-30-10-6-5-7-11-30/h5-7,9-13,25,29,31H,2-4,8,14-24,26-28H2,1H3,(H,38,45)(H,39,40,44). The predicted octanol–water partition coefficient (Wildman–Crippen LogP) is 6.56. The summed E-state index contributed by atoms with van der Waals surface area (Å²) in [5, 5.41) is 16.0. The second-order valence-electron chi connectivity index (χ2n) is 13.1. The van der Waals surface area contributed by atoms with Gasteiger partial charge in [-0.3, -0.25) is 9.59 Å². The lowest BCUT2D eigenvalue weighted by atomic mass is 9.94. The fraction of sp³-hybridized carbons (Fsp3) is 0.568. The first kappa shape index (κ1) is 35.0. The number of aromatic nitrogens is 2. The van der Waals surface area contributed by atoms with E-state index in [1.54, 1.807) is 0 Å². The van der Waals surface area contributed by atoms with Crippen LogP contribution >= 0.6 is 11.3 Å². The van der Waals surface area contributed by atoms with Gasteiger partial charge in [0.1, 0.15) is 0 Å². The molecule has 2 fully saturated rings. The van der Waals surface area contributed by atoms with Crippen LogP contribution in [0, 0.1) is 11.8 Å². The zero-order valence-corrected chi connectivity index (χ0v) is 28.8. The number of piperidine rings is 2. The van der Waals surface area contributed by atoms with Crippen LogP contribution in [0.3, 0.4) is 0 Å². The summed E-state index contributed by atoms with van der Waals surface area (Å²) in [4.78, 5) is 30.1. The van der Waals surface area contributed by atoms with E-state index < -0.39 is 0 Å². The molecule has 3 heterocycles. The van der Waals surface area contributed by atoms with Gasteiger partial charge in [0.2, 0.25) is 16.2 Å². The number of hydrogen-bond donors (Lipinski definition) is 2. The van der Waals surface area contributed by atoms with E-state index in [0.717, 1.165) is 68.2 Å². The summed E-state index contributed by atoms with van der Waals surface area (Å²) in [6.45, 7) is 9.61. The lowest BCUT2D eigenvalue weighted by Crippen LogP contribution is -2.39. The van der Waals surface area contributed by atoms with Gasteiger partial charge in [0.15, 0.2) is 0 Å². The largest absolute Gasteiger partial charge is 0.377 e.